The first-order chi connectivity index (χ1) is 13.4. The van der Waals surface area contributed by atoms with E-state index in [1.54, 1.807) is 0 Å². The predicted octanol–water partition coefficient (Wildman–Crippen LogP) is 3.89. The molecule has 0 amide bonds. The number of carbonyl (C=O) groups excluding carboxylic acids is 1. The molecule has 0 aromatic carbocycles. The lowest BCUT2D eigenvalue weighted by Gasteiger charge is -2.39. The number of allylic oxidation sites excluding steroid dienone is 2. The van der Waals surface area contributed by atoms with Crippen molar-refractivity contribution in [3.05, 3.63) is 12.2 Å². The molecule has 4 aliphatic carbocycles. The van der Waals surface area contributed by atoms with Crippen molar-refractivity contribution in [1.82, 2.24) is 0 Å². The molecule has 28 heavy (non-hydrogen) atoms. The van der Waals surface area contributed by atoms with Gasteiger partial charge in [-0.1, -0.05) is 12.2 Å². The molecule has 0 aliphatic heterocycles. The van der Waals surface area contributed by atoms with Crippen molar-refractivity contribution in [1.29, 1.82) is 0 Å². The Morgan fingerprint density at radius 3 is 2.11 bits per heavy atom. The normalized spacial score (nSPS) is 40.2. The maximum atomic E-state index is 13.2. The number of Topliss-reactive ketones (excluding diaryl/α,β-unsaturated/α-hetero) is 1. The van der Waals surface area contributed by atoms with Crippen LogP contribution in [-0.2, 0) is 18.4 Å². The minimum atomic E-state index is -2.22. The van der Waals surface area contributed by atoms with Gasteiger partial charge in [0.1, 0.15) is 5.78 Å². The van der Waals surface area contributed by atoms with Crippen LogP contribution in [0.2, 0.25) is 12.6 Å². The van der Waals surface area contributed by atoms with E-state index < -0.39 is 20.4 Å². The number of fused-ring (bicyclic) bond motifs is 9. The first kappa shape index (κ1) is 20.3. The molecule has 0 spiro atoms. The fourth-order valence-corrected chi connectivity index (χ4v) is 9.77. The van der Waals surface area contributed by atoms with Crippen molar-refractivity contribution in [2.75, 3.05) is 13.2 Å². The van der Waals surface area contributed by atoms with E-state index in [1.807, 2.05) is 13.8 Å². The lowest BCUT2D eigenvalue weighted by atomic mass is 9.63. The summed E-state index contributed by atoms with van der Waals surface area (Å²) < 4.78 is 11.8. The van der Waals surface area contributed by atoms with Crippen molar-refractivity contribution in [2.45, 2.75) is 52.1 Å². The topological polar surface area (TPSA) is 72.8 Å². The molecule has 0 saturated heterocycles. The maximum Gasteiger partial charge on any atom is 0.334 e. The molecule has 156 valence electrons. The second-order valence-corrected chi connectivity index (χ2v) is 12.7. The summed E-state index contributed by atoms with van der Waals surface area (Å²) in [5.74, 6) is 1.38. The monoisotopic (exact) mass is 406 g/mol. The number of hydrogen-bond acceptors (Lipinski definition) is 4. The molecular weight excluding hydrogens is 372 g/mol. The molecule has 0 aromatic rings. The van der Waals surface area contributed by atoms with E-state index in [1.165, 1.54) is 6.42 Å². The smallest absolute Gasteiger partial charge is 0.334 e. The van der Waals surface area contributed by atoms with Gasteiger partial charge >= 0.3 is 14.5 Å². The van der Waals surface area contributed by atoms with Crippen molar-refractivity contribution < 1.29 is 23.5 Å². The lowest BCUT2D eigenvalue weighted by molar-refractivity contribution is -0.151. The Bertz CT molecular complexity index is 655. The lowest BCUT2D eigenvalue weighted by Crippen LogP contribution is -2.44. The Balaban J connectivity index is 1.42. The molecule has 1 N–H and O–H groups in total. The van der Waals surface area contributed by atoms with Gasteiger partial charge in [0, 0.05) is 25.6 Å². The first-order valence-electron chi connectivity index (χ1n) is 11.1. The number of hydrogen-bond donors (Lipinski definition) is 1. The van der Waals surface area contributed by atoms with E-state index in [2.05, 4.69) is 18.7 Å². The molecular formula is C22H34O5Si. The molecule has 3 fully saturated rings. The van der Waals surface area contributed by atoms with Crippen LogP contribution in [0, 0.1) is 47.3 Å². The van der Waals surface area contributed by atoms with Crippen molar-refractivity contribution in [3.8, 4) is 0 Å². The highest BCUT2D eigenvalue weighted by atomic mass is 28.4. The minimum absolute atomic E-state index is 0.175. The average molecular weight is 407 g/mol. The van der Waals surface area contributed by atoms with Crippen LogP contribution in [0.4, 0.5) is 0 Å². The molecule has 6 heteroatoms. The molecule has 5 nitrogen and oxygen atoms in total. The Morgan fingerprint density at radius 1 is 1.00 bits per heavy atom. The van der Waals surface area contributed by atoms with Crippen LogP contribution in [0.1, 0.15) is 39.5 Å². The van der Waals surface area contributed by atoms with Crippen LogP contribution in [0.3, 0.4) is 0 Å². The number of rotatable bonds is 10. The SMILES string of the molecule is CCO[Si](C)(CCCC(=O)C1C2CC(C1C(=O)O)C1C3C=CC(C3)C21)OCC. The van der Waals surface area contributed by atoms with Crippen LogP contribution in [0.25, 0.3) is 0 Å². The zero-order valence-electron chi connectivity index (χ0n) is 17.3. The molecule has 0 aromatic heterocycles. The molecule has 4 bridgehead atoms. The van der Waals surface area contributed by atoms with Gasteiger partial charge < -0.3 is 14.0 Å². The molecule has 0 radical (unpaired) electrons. The maximum absolute atomic E-state index is 13.2. The summed E-state index contributed by atoms with van der Waals surface area (Å²) in [5, 5.41) is 9.94. The summed E-state index contributed by atoms with van der Waals surface area (Å²) in [7, 11) is -2.22. The van der Waals surface area contributed by atoms with E-state index in [9.17, 15) is 14.7 Å². The van der Waals surface area contributed by atoms with Crippen LogP contribution < -0.4 is 0 Å². The minimum Gasteiger partial charge on any atom is -0.481 e. The Hall–Kier alpha value is -0.983. The molecule has 8 atom stereocenters. The molecule has 4 aliphatic rings. The molecule has 0 heterocycles. The van der Waals surface area contributed by atoms with Crippen LogP contribution in [0.15, 0.2) is 12.2 Å². The van der Waals surface area contributed by atoms with Crippen LogP contribution in [0.5, 0.6) is 0 Å². The molecule has 8 unspecified atom stereocenters. The largest absolute Gasteiger partial charge is 0.481 e. The van der Waals surface area contributed by atoms with Crippen molar-refractivity contribution in [2.24, 2.45) is 47.3 Å². The summed E-state index contributed by atoms with van der Waals surface area (Å²) in [6.07, 6.45) is 7.98. The highest BCUT2D eigenvalue weighted by Gasteiger charge is 2.67. The van der Waals surface area contributed by atoms with Gasteiger partial charge in [-0.15, -0.1) is 0 Å². The second kappa shape index (κ2) is 7.69. The Labute approximate surface area is 169 Å². The van der Waals surface area contributed by atoms with E-state index in [0.717, 1.165) is 18.9 Å². The zero-order valence-corrected chi connectivity index (χ0v) is 18.3. The summed E-state index contributed by atoms with van der Waals surface area (Å²) in [6, 6.07) is 0.790. The second-order valence-electron chi connectivity index (χ2n) is 9.38. The number of carboxylic acids is 1. The molecule has 4 rings (SSSR count). The fourth-order valence-electron chi connectivity index (χ4n) is 7.36. The highest BCUT2D eigenvalue weighted by Crippen LogP contribution is 2.68. The number of ketones is 1. The van der Waals surface area contributed by atoms with Crippen molar-refractivity contribution >= 4 is 20.3 Å². The van der Waals surface area contributed by atoms with Gasteiger partial charge in [-0.3, -0.25) is 9.59 Å². The predicted molar refractivity (Wildman–Crippen MR) is 108 cm³/mol. The Morgan fingerprint density at radius 2 is 1.57 bits per heavy atom. The van der Waals surface area contributed by atoms with Crippen LogP contribution >= 0.6 is 0 Å². The van der Waals surface area contributed by atoms with Gasteiger partial charge in [0.25, 0.3) is 0 Å². The number of aliphatic carboxylic acids is 1. The van der Waals surface area contributed by atoms with Crippen LogP contribution in [-0.4, -0.2) is 38.6 Å². The van der Waals surface area contributed by atoms with Gasteiger partial charge in [0.15, 0.2) is 0 Å². The zero-order chi connectivity index (χ0) is 20.1. The highest BCUT2D eigenvalue weighted by molar-refractivity contribution is 6.66. The third-order valence-electron chi connectivity index (χ3n) is 8.04. The third-order valence-corrected chi connectivity index (χ3v) is 11.1. The van der Waals surface area contributed by atoms with Gasteiger partial charge in [-0.25, -0.2) is 0 Å². The summed E-state index contributed by atoms with van der Waals surface area (Å²) >= 11 is 0. The Kier molecular flexibility index (Phi) is 5.57. The summed E-state index contributed by atoms with van der Waals surface area (Å²) in [6.45, 7) is 7.27. The van der Waals surface area contributed by atoms with Gasteiger partial charge in [-0.2, -0.15) is 0 Å². The van der Waals surface area contributed by atoms with Gasteiger partial charge in [0.05, 0.1) is 5.92 Å². The average Bonchev–Trinajstić information content (AvgIpc) is 3.39. The van der Waals surface area contributed by atoms with E-state index in [0.29, 0.717) is 43.3 Å². The standard InChI is InChI=1S/C22H34O5Si/c1-4-26-28(3,27-5-2)10-6-7-17(23)20-15-12-16(21(20)22(24)25)19-14-9-8-13(11-14)18(15)19/h8-9,13-16,18-21H,4-7,10-12H2,1-3H3,(H,24,25). The van der Waals surface area contributed by atoms with Gasteiger partial charge in [0.2, 0.25) is 0 Å². The third kappa shape index (κ3) is 3.21. The van der Waals surface area contributed by atoms with Crippen molar-refractivity contribution in [3.63, 3.8) is 0 Å². The summed E-state index contributed by atoms with van der Waals surface area (Å²) in [5.41, 5.74) is 0. The molecule has 3 saturated carbocycles. The first-order valence-corrected chi connectivity index (χ1v) is 13.6. The quantitative estimate of drug-likeness (QED) is 0.338. The number of carboxylic acid groups (broad SMARTS) is 1. The fraction of sp³-hybridized carbons (Fsp3) is 0.818. The number of carbonyl (C=O) groups is 2. The van der Waals surface area contributed by atoms with E-state index >= 15 is 0 Å². The van der Waals surface area contributed by atoms with E-state index in [4.69, 9.17) is 8.85 Å². The summed E-state index contributed by atoms with van der Waals surface area (Å²) in [4.78, 5) is 25.3. The van der Waals surface area contributed by atoms with Gasteiger partial charge in [-0.05, 0) is 81.2 Å². The van der Waals surface area contributed by atoms with E-state index in [-0.39, 0.29) is 23.5 Å².